The van der Waals surface area contributed by atoms with E-state index in [1.54, 1.807) is 0 Å². The van der Waals surface area contributed by atoms with Gasteiger partial charge in [0.15, 0.2) is 0 Å². The second-order valence-corrected chi connectivity index (χ2v) is 7.36. The van der Waals surface area contributed by atoms with Gasteiger partial charge >= 0.3 is 0 Å². The molecule has 0 radical (unpaired) electrons. The van der Waals surface area contributed by atoms with Crippen molar-refractivity contribution in [3.8, 4) is 0 Å². The van der Waals surface area contributed by atoms with E-state index in [0.717, 1.165) is 31.5 Å². The number of guanidine groups is 1. The maximum absolute atomic E-state index is 12.8. The van der Waals surface area contributed by atoms with E-state index in [1.165, 1.54) is 25.9 Å². The topological polar surface area (TPSA) is 112 Å². The number of nitrogens with zero attached hydrogens (tertiary/aromatic N) is 3. The summed E-state index contributed by atoms with van der Waals surface area (Å²) in [5, 5.41) is 0. The SMILES string of the molecule is NC1=NC(N)(c2ccc(C(=O)N3CCC(N4CCCC4)CC3)cc2)NN1. The summed E-state index contributed by atoms with van der Waals surface area (Å²) in [7, 11) is 0. The van der Waals surface area contributed by atoms with Crippen LogP contribution < -0.4 is 22.3 Å². The third-order valence-electron chi connectivity index (χ3n) is 5.66. The van der Waals surface area contributed by atoms with Gasteiger partial charge in [0.25, 0.3) is 5.91 Å². The first-order chi connectivity index (χ1) is 12.5. The third kappa shape index (κ3) is 3.27. The molecule has 1 aromatic rings. The van der Waals surface area contributed by atoms with Crippen molar-refractivity contribution in [1.29, 1.82) is 0 Å². The van der Waals surface area contributed by atoms with Gasteiger partial charge in [-0.25, -0.2) is 4.99 Å². The average molecular weight is 357 g/mol. The monoisotopic (exact) mass is 357 g/mol. The summed E-state index contributed by atoms with van der Waals surface area (Å²) in [6, 6.07) is 7.90. The molecule has 2 saturated heterocycles. The normalized spacial score (nSPS) is 27.4. The molecule has 8 nitrogen and oxygen atoms in total. The van der Waals surface area contributed by atoms with E-state index < -0.39 is 5.79 Å². The molecule has 3 aliphatic rings. The van der Waals surface area contributed by atoms with Crippen molar-refractivity contribution in [3.05, 3.63) is 35.4 Å². The van der Waals surface area contributed by atoms with Crippen LogP contribution in [0, 0.1) is 0 Å². The van der Waals surface area contributed by atoms with Crippen molar-refractivity contribution < 1.29 is 4.79 Å². The van der Waals surface area contributed by atoms with Gasteiger partial charge in [-0.05, 0) is 50.9 Å². The molecule has 8 heteroatoms. The number of nitrogens with two attached hydrogens (primary N) is 2. The Morgan fingerprint density at radius 2 is 1.77 bits per heavy atom. The van der Waals surface area contributed by atoms with E-state index in [2.05, 4.69) is 20.7 Å². The van der Waals surface area contributed by atoms with Gasteiger partial charge in [0.2, 0.25) is 11.7 Å². The van der Waals surface area contributed by atoms with E-state index in [0.29, 0.717) is 11.6 Å². The van der Waals surface area contributed by atoms with Gasteiger partial charge in [-0.3, -0.25) is 16.0 Å². The fourth-order valence-corrected chi connectivity index (χ4v) is 4.13. The largest absolute Gasteiger partial charge is 0.369 e. The first-order valence-electron chi connectivity index (χ1n) is 9.36. The number of aliphatic imine (C=N–C) groups is 1. The summed E-state index contributed by atoms with van der Waals surface area (Å²) in [5.41, 5.74) is 18.8. The summed E-state index contributed by atoms with van der Waals surface area (Å²) < 4.78 is 0. The highest BCUT2D eigenvalue weighted by Gasteiger charge is 2.32. The van der Waals surface area contributed by atoms with Crippen LogP contribution in [0.2, 0.25) is 0 Å². The summed E-state index contributed by atoms with van der Waals surface area (Å²) in [6.45, 7) is 4.09. The van der Waals surface area contributed by atoms with Crippen LogP contribution in [0.4, 0.5) is 0 Å². The predicted octanol–water partition coefficient (Wildman–Crippen LogP) is -0.121. The fraction of sp³-hybridized carbons (Fsp3) is 0.556. The summed E-state index contributed by atoms with van der Waals surface area (Å²) in [6.07, 6.45) is 4.76. The highest BCUT2D eigenvalue weighted by molar-refractivity contribution is 5.94. The van der Waals surface area contributed by atoms with Crippen LogP contribution in [0.15, 0.2) is 29.3 Å². The number of likely N-dealkylation sites (tertiary alicyclic amines) is 2. The summed E-state index contributed by atoms with van der Waals surface area (Å²) >= 11 is 0. The molecule has 0 spiro atoms. The van der Waals surface area contributed by atoms with Crippen LogP contribution in [0.1, 0.15) is 41.6 Å². The van der Waals surface area contributed by atoms with Crippen LogP contribution in [-0.4, -0.2) is 53.9 Å². The van der Waals surface area contributed by atoms with Gasteiger partial charge in [0.05, 0.1) is 0 Å². The van der Waals surface area contributed by atoms with Gasteiger partial charge in [-0.2, -0.15) is 5.43 Å². The van der Waals surface area contributed by atoms with Crippen LogP contribution in [0.3, 0.4) is 0 Å². The average Bonchev–Trinajstić information content (AvgIpc) is 3.32. The molecular formula is C18H27N7O. The zero-order valence-corrected chi connectivity index (χ0v) is 14.9. The van der Waals surface area contributed by atoms with Gasteiger partial charge in [-0.15, -0.1) is 0 Å². The van der Waals surface area contributed by atoms with Crippen LogP contribution >= 0.6 is 0 Å². The summed E-state index contributed by atoms with van der Waals surface area (Å²) in [5.74, 6) is -0.767. The minimum Gasteiger partial charge on any atom is -0.369 e. The van der Waals surface area contributed by atoms with E-state index in [1.807, 2.05) is 29.2 Å². The van der Waals surface area contributed by atoms with Crippen LogP contribution in [0.5, 0.6) is 0 Å². The van der Waals surface area contributed by atoms with Crippen molar-refractivity contribution in [1.82, 2.24) is 20.7 Å². The van der Waals surface area contributed by atoms with Gasteiger partial charge in [0, 0.05) is 30.3 Å². The van der Waals surface area contributed by atoms with E-state index in [9.17, 15) is 4.79 Å². The molecule has 140 valence electrons. The molecule has 4 rings (SSSR count). The molecule has 1 unspecified atom stereocenters. The van der Waals surface area contributed by atoms with Gasteiger partial charge < -0.3 is 15.5 Å². The van der Waals surface area contributed by atoms with E-state index in [-0.39, 0.29) is 11.9 Å². The number of carbonyl (C=O) groups excluding carboxylic acids is 1. The molecule has 3 aliphatic heterocycles. The molecule has 0 bridgehead atoms. The number of amides is 1. The minimum absolute atomic E-state index is 0.0861. The molecule has 2 fully saturated rings. The lowest BCUT2D eigenvalue weighted by atomic mass is 10.0. The molecule has 0 aromatic heterocycles. The Morgan fingerprint density at radius 1 is 1.12 bits per heavy atom. The van der Waals surface area contributed by atoms with Gasteiger partial charge in [-0.1, -0.05) is 12.1 Å². The predicted molar refractivity (Wildman–Crippen MR) is 99.9 cm³/mol. The van der Waals surface area contributed by atoms with Crippen molar-refractivity contribution in [2.45, 2.75) is 37.5 Å². The van der Waals surface area contributed by atoms with E-state index in [4.69, 9.17) is 11.5 Å². The lowest BCUT2D eigenvalue weighted by molar-refractivity contribution is 0.0644. The fourth-order valence-electron chi connectivity index (χ4n) is 4.13. The second kappa shape index (κ2) is 6.86. The number of hydrogen-bond acceptors (Lipinski definition) is 7. The number of carbonyl (C=O) groups is 1. The number of benzene rings is 1. The molecule has 0 saturated carbocycles. The Bertz CT molecular complexity index is 690. The molecular weight excluding hydrogens is 330 g/mol. The van der Waals surface area contributed by atoms with Crippen molar-refractivity contribution in [3.63, 3.8) is 0 Å². The first kappa shape index (κ1) is 17.3. The van der Waals surface area contributed by atoms with Crippen molar-refractivity contribution in [2.75, 3.05) is 26.2 Å². The first-order valence-corrected chi connectivity index (χ1v) is 9.36. The minimum atomic E-state index is -1.10. The third-order valence-corrected chi connectivity index (χ3v) is 5.66. The van der Waals surface area contributed by atoms with Crippen molar-refractivity contribution in [2.24, 2.45) is 16.5 Å². The number of hydrogen-bond donors (Lipinski definition) is 4. The Labute approximate surface area is 153 Å². The zero-order chi connectivity index (χ0) is 18.1. The molecule has 6 N–H and O–H groups in total. The molecule has 1 amide bonds. The highest BCUT2D eigenvalue weighted by Crippen LogP contribution is 2.23. The number of piperidine rings is 1. The molecule has 26 heavy (non-hydrogen) atoms. The maximum Gasteiger partial charge on any atom is 0.253 e. The molecule has 0 aliphatic carbocycles. The Hall–Kier alpha value is -2.16. The second-order valence-electron chi connectivity index (χ2n) is 7.36. The summed E-state index contributed by atoms with van der Waals surface area (Å²) in [4.78, 5) is 21.5. The van der Waals surface area contributed by atoms with Crippen LogP contribution in [0.25, 0.3) is 0 Å². The molecule has 1 atom stereocenters. The zero-order valence-electron chi connectivity index (χ0n) is 14.9. The quantitative estimate of drug-likeness (QED) is 0.600. The standard InChI is InChI=1S/C18H27N7O/c19-17-21-18(20,23-22-17)14-5-3-13(4-6-14)16(26)25-11-7-15(8-12-25)24-9-1-2-10-24/h3-6,15,23H,1-2,7-12,20H2,(H3,19,21,22). The lowest BCUT2D eigenvalue weighted by Gasteiger charge is -2.36. The van der Waals surface area contributed by atoms with Crippen LogP contribution in [-0.2, 0) is 5.79 Å². The maximum atomic E-state index is 12.8. The Morgan fingerprint density at radius 3 is 2.35 bits per heavy atom. The smallest absolute Gasteiger partial charge is 0.253 e. The lowest BCUT2D eigenvalue weighted by Crippen LogP contribution is -2.50. The van der Waals surface area contributed by atoms with Gasteiger partial charge in [0.1, 0.15) is 0 Å². The van der Waals surface area contributed by atoms with Crippen molar-refractivity contribution >= 4 is 11.9 Å². The van der Waals surface area contributed by atoms with E-state index >= 15 is 0 Å². The number of nitrogens with one attached hydrogen (secondary N) is 2. The number of hydrazine groups is 1. The Kier molecular flexibility index (Phi) is 4.56. The highest BCUT2D eigenvalue weighted by atomic mass is 16.2. The molecule has 1 aromatic carbocycles. The number of rotatable bonds is 3. The Balaban J connectivity index is 1.38. The molecule has 3 heterocycles.